The van der Waals surface area contributed by atoms with E-state index in [-0.39, 0.29) is 14.9 Å². The van der Waals surface area contributed by atoms with Crippen LogP contribution in [-0.2, 0) is 10.0 Å². The highest BCUT2D eigenvalue weighted by Crippen LogP contribution is 2.22. The number of halogens is 1. The van der Waals surface area contributed by atoms with Crippen molar-refractivity contribution in [1.82, 2.24) is 4.72 Å². The van der Waals surface area contributed by atoms with Gasteiger partial charge in [0.2, 0.25) is 10.0 Å². The first kappa shape index (κ1) is 17.4. The van der Waals surface area contributed by atoms with Crippen LogP contribution < -0.4 is 10.5 Å². The lowest BCUT2D eigenvalue weighted by atomic mass is 10.2. The molecule has 0 heterocycles. The fourth-order valence-electron chi connectivity index (χ4n) is 1.70. The number of sulfonamides is 1. The summed E-state index contributed by atoms with van der Waals surface area (Å²) in [6.45, 7) is 2.50. The van der Waals surface area contributed by atoms with Crippen molar-refractivity contribution >= 4 is 38.8 Å². The predicted octanol–water partition coefficient (Wildman–Crippen LogP) is 2.83. The van der Waals surface area contributed by atoms with Gasteiger partial charge in [-0.15, -0.1) is 0 Å². The third-order valence-electron chi connectivity index (χ3n) is 2.83. The van der Waals surface area contributed by atoms with Gasteiger partial charge in [-0.05, 0) is 18.6 Å². The van der Waals surface area contributed by atoms with E-state index < -0.39 is 10.0 Å². The zero-order valence-electron chi connectivity index (χ0n) is 11.4. The van der Waals surface area contributed by atoms with Gasteiger partial charge in [0.1, 0.15) is 9.88 Å². The quantitative estimate of drug-likeness (QED) is 0.566. The Hall–Kier alpha value is -0.690. The lowest BCUT2D eigenvalue weighted by Gasteiger charge is -2.09. The summed E-state index contributed by atoms with van der Waals surface area (Å²) in [6, 6.07) is 4.49. The van der Waals surface area contributed by atoms with Crippen LogP contribution >= 0.6 is 23.8 Å². The molecule has 0 fully saturated rings. The van der Waals surface area contributed by atoms with Crippen molar-refractivity contribution in [2.75, 3.05) is 6.54 Å². The lowest BCUT2D eigenvalue weighted by Crippen LogP contribution is -2.25. The Bertz CT molecular complexity index is 574. The van der Waals surface area contributed by atoms with Gasteiger partial charge in [0.15, 0.2) is 0 Å². The minimum absolute atomic E-state index is 0.0139. The van der Waals surface area contributed by atoms with E-state index in [0.29, 0.717) is 12.1 Å². The molecule has 0 atom stereocenters. The summed E-state index contributed by atoms with van der Waals surface area (Å²) in [5.74, 6) is 0. The topological polar surface area (TPSA) is 72.2 Å². The molecular weight excluding hydrogens is 316 g/mol. The van der Waals surface area contributed by atoms with Crippen LogP contribution in [0.15, 0.2) is 23.1 Å². The normalized spacial score (nSPS) is 11.5. The molecule has 1 aromatic carbocycles. The summed E-state index contributed by atoms with van der Waals surface area (Å²) in [6.07, 6.45) is 4.01. The summed E-state index contributed by atoms with van der Waals surface area (Å²) in [5, 5.41) is 0.158. The monoisotopic (exact) mass is 334 g/mol. The number of rotatable bonds is 8. The lowest BCUT2D eigenvalue weighted by molar-refractivity contribution is 0.573. The smallest absolute Gasteiger partial charge is 0.242 e. The number of benzene rings is 1. The number of nitrogens with two attached hydrogens (primary N) is 1. The van der Waals surface area contributed by atoms with Gasteiger partial charge in [-0.3, -0.25) is 0 Å². The van der Waals surface area contributed by atoms with Crippen molar-refractivity contribution in [3.63, 3.8) is 0 Å². The van der Waals surface area contributed by atoms with Crippen LogP contribution in [0.1, 0.15) is 38.2 Å². The zero-order chi connectivity index (χ0) is 15.2. The van der Waals surface area contributed by atoms with E-state index in [2.05, 4.69) is 11.6 Å². The highest BCUT2D eigenvalue weighted by Gasteiger charge is 2.18. The summed E-state index contributed by atoms with van der Waals surface area (Å²) in [7, 11) is -3.63. The Labute approximate surface area is 130 Å². The number of hydrogen-bond donors (Lipinski definition) is 2. The SMILES string of the molecule is CCCCCCNS(=O)(=O)c1cc(C(N)=S)ccc1Cl. The molecule has 3 N–H and O–H groups in total. The Kier molecular flexibility index (Phi) is 6.88. The van der Waals surface area contributed by atoms with Gasteiger partial charge in [-0.25, -0.2) is 13.1 Å². The second-order valence-corrected chi connectivity index (χ2v) is 7.05. The first-order valence-electron chi connectivity index (χ1n) is 6.47. The van der Waals surface area contributed by atoms with Gasteiger partial charge < -0.3 is 5.73 Å². The maximum Gasteiger partial charge on any atom is 0.242 e. The number of nitrogens with one attached hydrogen (secondary N) is 1. The molecule has 0 amide bonds. The average Bonchev–Trinajstić information content (AvgIpc) is 2.38. The van der Waals surface area contributed by atoms with E-state index in [9.17, 15) is 8.42 Å². The van der Waals surface area contributed by atoms with E-state index in [0.717, 1.165) is 25.7 Å². The Balaban J connectivity index is 2.81. The van der Waals surface area contributed by atoms with Gasteiger partial charge >= 0.3 is 0 Å². The molecule has 0 saturated heterocycles. The third-order valence-corrected chi connectivity index (χ3v) is 5.01. The Morgan fingerprint density at radius 1 is 1.35 bits per heavy atom. The van der Waals surface area contributed by atoms with Crippen molar-refractivity contribution in [1.29, 1.82) is 0 Å². The average molecular weight is 335 g/mol. The first-order chi connectivity index (χ1) is 9.38. The molecule has 0 bridgehead atoms. The summed E-state index contributed by atoms with van der Waals surface area (Å²) in [5.41, 5.74) is 5.99. The number of unbranched alkanes of at least 4 members (excludes halogenated alkanes) is 3. The fraction of sp³-hybridized carbons (Fsp3) is 0.462. The van der Waals surface area contributed by atoms with Crippen molar-refractivity contribution in [2.24, 2.45) is 5.73 Å². The van der Waals surface area contributed by atoms with Crippen LogP contribution in [0.4, 0.5) is 0 Å². The van der Waals surface area contributed by atoms with Crippen molar-refractivity contribution in [3.8, 4) is 0 Å². The predicted molar refractivity (Wildman–Crippen MR) is 86.7 cm³/mol. The molecule has 0 aliphatic rings. The van der Waals surface area contributed by atoms with E-state index >= 15 is 0 Å². The van der Waals surface area contributed by atoms with Gasteiger partial charge in [-0.1, -0.05) is 56.1 Å². The third kappa shape index (κ3) is 5.01. The molecule has 0 saturated carbocycles. The molecule has 0 aliphatic carbocycles. The Morgan fingerprint density at radius 3 is 2.65 bits per heavy atom. The highest BCUT2D eigenvalue weighted by molar-refractivity contribution is 7.89. The van der Waals surface area contributed by atoms with Gasteiger partial charge in [0.25, 0.3) is 0 Å². The maximum absolute atomic E-state index is 12.2. The van der Waals surface area contributed by atoms with Crippen LogP contribution in [0.3, 0.4) is 0 Å². The maximum atomic E-state index is 12.2. The molecular formula is C13H19ClN2O2S2. The molecule has 0 aliphatic heterocycles. The van der Waals surface area contributed by atoms with E-state index in [4.69, 9.17) is 29.6 Å². The minimum atomic E-state index is -3.63. The molecule has 0 spiro atoms. The van der Waals surface area contributed by atoms with Crippen LogP contribution in [0.2, 0.25) is 5.02 Å². The molecule has 1 rings (SSSR count). The van der Waals surface area contributed by atoms with Crippen LogP contribution in [0, 0.1) is 0 Å². The molecule has 4 nitrogen and oxygen atoms in total. The molecule has 0 radical (unpaired) electrons. The molecule has 0 unspecified atom stereocenters. The van der Waals surface area contributed by atoms with Crippen LogP contribution in [0.25, 0.3) is 0 Å². The van der Waals surface area contributed by atoms with E-state index in [1.54, 1.807) is 6.07 Å². The van der Waals surface area contributed by atoms with Crippen LogP contribution in [-0.4, -0.2) is 20.0 Å². The zero-order valence-corrected chi connectivity index (χ0v) is 13.7. The van der Waals surface area contributed by atoms with Gasteiger partial charge in [0.05, 0.1) is 5.02 Å². The second kappa shape index (κ2) is 7.93. The summed E-state index contributed by atoms with van der Waals surface area (Å²) < 4.78 is 26.9. The van der Waals surface area contributed by atoms with Gasteiger partial charge in [-0.2, -0.15) is 0 Å². The van der Waals surface area contributed by atoms with Crippen LogP contribution in [0.5, 0.6) is 0 Å². The van der Waals surface area contributed by atoms with E-state index in [1.807, 2.05) is 0 Å². The molecule has 1 aromatic rings. The Morgan fingerprint density at radius 2 is 2.05 bits per heavy atom. The van der Waals surface area contributed by atoms with E-state index in [1.165, 1.54) is 12.1 Å². The minimum Gasteiger partial charge on any atom is -0.389 e. The largest absolute Gasteiger partial charge is 0.389 e. The summed E-state index contributed by atoms with van der Waals surface area (Å²) in [4.78, 5) is 0.154. The number of hydrogen-bond acceptors (Lipinski definition) is 3. The molecule has 112 valence electrons. The van der Waals surface area contributed by atoms with Crippen molar-refractivity contribution < 1.29 is 8.42 Å². The standard InChI is InChI=1S/C13H19ClN2O2S2/c1-2-3-4-5-8-16-20(17,18)12-9-10(13(15)19)6-7-11(12)14/h6-7,9,16H,2-5,8H2,1H3,(H2,15,19). The number of thiocarbonyl (C=S) groups is 1. The molecule has 20 heavy (non-hydrogen) atoms. The summed E-state index contributed by atoms with van der Waals surface area (Å²) >= 11 is 10.8. The molecule has 7 heteroatoms. The van der Waals surface area contributed by atoms with Crippen molar-refractivity contribution in [2.45, 2.75) is 37.5 Å². The second-order valence-electron chi connectivity index (χ2n) is 4.47. The van der Waals surface area contributed by atoms with Crippen molar-refractivity contribution in [3.05, 3.63) is 28.8 Å². The van der Waals surface area contributed by atoms with Gasteiger partial charge in [0, 0.05) is 12.1 Å². The highest BCUT2D eigenvalue weighted by atomic mass is 35.5. The fourth-order valence-corrected chi connectivity index (χ4v) is 3.42. The molecule has 0 aromatic heterocycles. The first-order valence-corrected chi connectivity index (χ1v) is 8.74.